The quantitative estimate of drug-likeness (QED) is 0.678. The maximum absolute atomic E-state index is 13.0. The van der Waals surface area contributed by atoms with E-state index in [1.54, 1.807) is 18.2 Å². The van der Waals surface area contributed by atoms with Gasteiger partial charge in [0.25, 0.3) is 10.1 Å². The molecule has 0 aliphatic carbocycles. The van der Waals surface area contributed by atoms with Crippen molar-refractivity contribution in [3.05, 3.63) is 59.7 Å². The Hall–Kier alpha value is -1.75. The van der Waals surface area contributed by atoms with Crippen LogP contribution in [0.25, 0.3) is 0 Å². The molecule has 1 atom stereocenters. The van der Waals surface area contributed by atoms with Crippen molar-refractivity contribution in [3.63, 3.8) is 0 Å². The molecule has 10 heteroatoms. The van der Waals surface area contributed by atoms with Crippen LogP contribution in [0, 0.1) is 0 Å². The molecule has 0 spiro atoms. The van der Waals surface area contributed by atoms with Crippen molar-refractivity contribution in [1.82, 2.24) is 0 Å². The maximum Gasteiger partial charge on any atom is 0.264 e. The summed E-state index contributed by atoms with van der Waals surface area (Å²) in [7, 11) is -11.6. The molecule has 7 nitrogen and oxygen atoms in total. The van der Waals surface area contributed by atoms with Crippen LogP contribution in [0.15, 0.2) is 58.3 Å². The fourth-order valence-corrected chi connectivity index (χ4v) is 7.68. The van der Waals surface area contributed by atoms with Gasteiger partial charge in [0.2, 0.25) is 0 Å². The first-order valence-electron chi connectivity index (χ1n) is 7.50. The van der Waals surface area contributed by atoms with Crippen molar-refractivity contribution in [2.75, 3.05) is 12.0 Å². The number of hydrogen-bond acceptors (Lipinski definition) is 7. The van der Waals surface area contributed by atoms with E-state index in [0.717, 1.165) is 6.26 Å². The van der Waals surface area contributed by atoms with E-state index in [1.807, 2.05) is 0 Å². The normalized spacial score (nSPS) is 19.2. The molecule has 2 aromatic rings. The monoisotopic (exact) mass is 416 g/mol. The number of sulfone groups is 2. The van der Waals surface area contributed by atoms with Crippen molar-refractivity contribution >= 4 is 29.8 Å². The molecule has 1 aliphatic rings. The van der Waals surface area contributed by atoms with E-state index in [1.165, 1.54) is 30.3 Å². The van der Waals surface area contributed by atoms with Crippen LogP contribution < -0.4 is 0 Å². The SMILES string of the molecule is CS(=O)(=O)OCc1cccc2c1C(S(=O)(=O)c1ccccc1)CS2(=O)=O. The standard InChI is InChI=1S/C16H16O7S3/c1-24(17,18)23-10-12-6-5-9-14-16(12)15(11-25(14,19)20)26(21,22)13-7-3-2-4-8-13/h2-9,15H,10-11H2,1H3. The highest BCUT2D eigenvalue weighted by atomic mass is 32.2. The summed E-state index contributed by atoms with van der Waals surface area (Å²) in [5.41, 5.74) is 0.304. The first-order valence-corrected chi connectivity index (χ1v) is 12.5. The van der Waals surface area contributed by atoms with Crippen LogP contribution in [0.3, 0.4) is 0 Å². The zero-order valence-electron chi connectivity index (χ0n) is 13.7. The molecule has 0 saturated carbocycles. The summed E-state index contributed by atoms with van der Waals surface area (Å²) in [6, 6.07) is 11.8. The summed E-state index contributed by atoms with van der Waals surface area (Å²) in [5.74, 6) is -0.588. The maximum atomic E-state index is 13.0. The summed E-state index contributed by atoms with van der Waals surface area (Å²) in [5, 5.41) is -1.32. The van der Waals surface area contributed by atoms with Crippen LogP contribution in [-0.4, -0.2) is 37.3 Å². The Morgan fingerprint density at radius 3 is 2.27 bits per heavy atom. The molecule has 0 fully saturated rings. The Bertz CT molecular complexity index is 1150. The molecular weight excluding hydrogens is 400 g/mol. The Morgan fingerprint density at radius 2 is 1.65 bits per heavy atom. The molecule has 0 amide bonds. The largest absolute Gasteiger partial charge is 0.265 e. The highest BCUT2D eigenvalue weighted by molar-refractivity contribution is 7.96. The summed E-state index contributed by atoms with van der Waals surface area (Å²) < 4.78 is 78.3. The van der Waals surface area contributed by atoms with E-state index >= 15 is 0 Å². The van der Waals surface area contributed by atoms with Crippen LogP contribution in [-0.2, 0) is 40.6 Å². The van der Waals surface area contributed by atoms with E-state index < -0.39 is 47.4 Å². The summed E-state index contributed by atoms with van der Waals surface area (Å²) in [6.45, 7) is -0.432. The van der Waals surface area contributed by atoms with Gasteiger partial charge in [-0.05, 0) is 29.3 Å². The second kappa shape index (κ2) is 6.45. The third-order valence-electron chi connectivity index (χ3n) is 4.06. The minimum absolute atomic E-state index is 0.00637. The molecule has 0 saturated heterocycles. The van der Waals surface area contributed by atoms with Gasteiger partial charge in [-0.2, -0.15) is 8.42 Å². The fraction of sp³-hybridized carbons (Fsp3) is 0.250. The van der Waals surface area contributed by atoms with Gasteiger partial charge in [0.05, 0.1) is 28.4 Å². The van der Waals surface area contributed by atoms with Crippen molar-refractivity contribution in [2.24, 2.45) is 0 Å². The topological polar surface area (TPSA) is 112 Å². The van der Waals surface area contributed by atoms with Crippen LogP contribution in [0.4, 0.5) is 0 Å². The molecule has 0 N–H and O–H groups in total. The van der Waals surface area contributed by atoms with Crippen molar-refractivity contribution < 1.29 is 29.4 Å². The number of benzene rings is 2. The van der Waals surface area contributed by atoms with Crippen LogP contribution in [0.1, 0.15) is 16.4 Å². The van der Waals surface area contributed by atoms with Gasteiger partial charge >= 0.3 is 0 Å². The van der Waals surface area contributed by atoms with Gasteiger partial charge in [0, 0.05) is 0 Å². The molecule has 0 radical (unpaired) electrons. The van der Waals surface area contributed by atoms with Crippen LogP contribution >= 0.6 is 0 Å². The van der Waals surface area contributed by atoms with Crippen molar-refractivity contribution in [3.8, 4) is 0 Å². The lowest BCUT2D eigenvalue weighted by Crippen LogP contribution is -2.17. The highest BCUT2D eigenvalue weighted by Gasteiger charge is 2.44. The van der Waals surface area contributed by atoms with E-state index in [0.29, 0.717) is 0 Å². The fourth-order valence-electron chi connectivity index (χ4n) is 2.91. The molecule has 140 valence electrons. The first-order chi connectivity index (χ1) is 12.0. The molecule has 2 aromatic carbocycles. The molecular formula is C16H16O7S3. The predicted octanol–water partition coefficient (Wildman–Crippen LogP) is 1.47. The van der Waals surface area contributed by atoms with Crippen LogP contribution in [0.5, 0.6) is 0 Å². The van der Waals surface area contributed by atoms with Crippen molar-refractivity contribution in [2.45, 2.75) is 21.6 Å². The van der Waals surface area contributed by atoms with Gasteiger partial charge in [-0.15, -0.1) is 0 Å². The van der Waals surface area contributed by atoms with Gasteiger partial charge in [-0.1, -0.05) is 30.3 Å². The number of fused-ring (bicyclic) bond motifs is 1. The van der Waals surface area contributed by atoms with Gasteiger partial charge < -0.3 is 0 Å². The second-order valence-corrected chi connectivity index (χ2v) is 11.7. The van der Waals surface area contributed by atoms with Crippen LogP contribution in [0.2, 0.25) is 0 Å². The summed E-state index contributed by atoms with van der Waals surface area (Å²) in [6.07, 6.45) is 0.866. The summed E-state index contributed by atoms with van der Waals surface area (Å²) >= 11 is 0. The molecule has 1 aliphatic heterocycles. The summed E-state index contributed by atoms with van der Waals surface area (Å²) in [4.78, 5) is -0.0940. The average molecular weight is 416 g/mol. The molecule has 3 rings (SSSR count). The lowest BCUT2D eigenvalue weighted by atomic mass is 10.1. The average Bonchev–Trinajstić information content (AvgIpc) is 2.86. The van der Waals surface area contributed by atoms with Gasteiger partial charge in [0.1, 0.15) is 5.25 Å². The lowest BCUT2D eigenvalue weighted by Gasteiger charge is -2.15. The molecule has 0 aromatic heterocycles. The lowest BCUT2D eigenvalue weighted by molar-refractivity contribution is 0.310. The third-order valence-corrected chi connectivity index (χ3v) is 8.70. The highest BCUT2D eigenvalue weighted by Crippen LogP contribution is 2.43. The van der Waals surface area contributed by atoms with E-state index in [-0.39, 0.29) is 20.9 Å². The van der Waals surface area contributed by atoms with Gasteiger partial charge in [-0.3, -0.25) is 4.18 Å². The van der Waals surface area contributed by atoms with Gasteiger partial charge in [-0.25, -0.2) is 16.8 Å². The van der Waals surface area contributed by atoms with E-state index in [9.17, 15) is 25.3 Å². The zero-order valence-corrected chi connectivity index (χ0v) is 16.1. The number of hydrogen-bond donors (Lipinski definition) is 0. The molecule has 0 bridgehead atoms. The van der Waals surface area contributed by atoms with Gasteiger partial charge in [0.15, 0.2) is 19.7 Å². The minimum Gasteiger partial charge on any atom is -0.265 e. The predicted molar refractivity (Wildman–Crippen MR) is 94.5 cm³/mol. The Morgan fingerprint density at radius 1 is 1.00 bits per heavy atom. The van der Waals surface area contributed by atoms with E-state index in [2.05, 4.69) is 0 Å². The minimum atomic E-state index is -3.98. The molecule has 26 heavy (non-hydrogen) atoms. The van der Waals surface area contributed by atoms with Crippen molar-refractivity contribution in [1.29, 1.82) is 0 Å². The first kappa shape index (κ1) is 19.0. The Labute approximate surface area is 152 Å². The Balaban J connectivity index is 2.16. The van der Waals surface area contributed by atoms with E-state index in [4.69, 9.17) is 4.18 Å². The Kier molecular flexibility index (Phi) is 4.72. The third kappa shape index (κ3) is 3.54. The molecule has 1 unspecified atom stereocenters. The number of rotatable bonds is 5. The smallest absolute Gasteiger partial charge is 0.264 e. The molecule has 1 heterocycles. The zero-order chi connectivity index (χ0) is 19.2. The second-order valence-electron chi connectivity index (χ2n) is 5.92.